The van der Waals surface area contributed by atoms with E-state index in [2.05, 4.69) is 10.6 Å². The second kappa shape index (κ2) is 5.83. The smallest absolute Gasteiger partial charge is 0.244 e. The first-order valence-corrected chi connectivity index (χ1v) is 5.07. The predicted molar refractivity (Wildman–Crippen MR) is 65.8 cm³/mol. The van der Waals surface area contributed by atoms with Crippen LogP contribution in [-0.2, 0) is 4.79 Å². The molecule has 0 aromatic heterocycles. The van der Waals surface area contributed by atoms with E-state index in [0.717, 1.165) is 5.69 Å². The summed E-state index contributed by atoms with van der Waals surface area (Å²) in [7, 11) is 1.47. The first kappa shape index (κ1) is 12.1. The van der Waals surface area contributed by atoms with Crippen LogP contribution in [0.15, 0.2) is 30.3 Å². The summed E-state index contributed by atoms with van der Waals surface area (Å²) in [5, 5.41) is 14.1. The van der Waals surface area contributed by atoms with Crippen molar-refractivity contribution in [1.29, 1.82) is 5.26 Å². The second-order valence-corrected chi connectivity index (χ2v) is 3.47. The van der Waals surface area contributed by atoms with Crippen LogP contribution in [0.4, 0.5) is 5.69 Å². The number of anilines is 1. The molecule has 4 nitrogen and oxygen atoms in total. The highest BCUT2D eigenvalue weighted by Gasteiger charge is 2.21. The largest absolute Gasteiger partial charge is 0.358 e. The number of hydrogen-bond acceptors (Lipinski definition) is 3. The van der Waals surface area contributed by atoms with Gasteiger partial charge in [-0.25, -0.2) is 0 Å². The lowest BCUT2D eigenvalue weighted by molar-refractivity contribution is -0.121. The predicted octanol–water partition coefficient (Wildman–Crippen LogP) is 1.31. The van der Waals surface area contributed by atoms with Gasteiger partial charge in [0, 0.05) is 12.7 Å². The van der Waals surface area contributed by atoms with Crippen LogP contribution in [0.25, 0.3) is 0 Å². The topological polar surface area (TPSA) is 64.9 Å². The first-order valence-electron chi connectivity index (χ1n) is 4.66. The van der Waals surface area contributed by atoms with Gasteiger partial charge in [-0.05, 0) is 12.1 Å². The van der Waals surface area contributed by atoms with Gasteiger partial charge < -0.3 is 10.6 Å². The lowest BCUT2D eigenvalue weighted by Crippen LogP contribution is -2.34. The SMILES string of the molecule is CNC(=O)[C@@H](C#N)C(=S)Nc1ccccc1. The Labute approximate surface area is 99.3 Å². The van der Waals surface area contributed by atoms with E-state index in [1.54, 1.807) is 0 Å². The minimum absolute atomic E-state index is 0.202. The fourth-order valence-corrected chi connectivity index (χ4v) is 1.39. The highest BCUT2D eigenvalue weighted by atomic mass is 32.1. The van der Waals surface area contributed by atoms with E-state index in [1.165, 1.54) is 7.05 Å². The normalized spacial score (nSPS) is 11.0. The maximum Gasteiger partial charge on any atom is 0.244 e. The molecule has 16 heavy (non-hydrogen) atoms. The lowest BCUT2D eigenvalue weighted by Gasteiger charge is -2.11. The van der Waals surface area contributed by atoms with E-state index >= 15 is 0 Å². The van der Waals surface area contributed by atoms with Crippen LogP contribution in [0.1, 0.15) is 0 Å². The number of nitrogens with one attached hydrogen (secondary N) is 2. The number of amides is 1. The Kier molecular flexibility index (Phi) is 4.42. The maximum atomic E-state index is 11.3. The van der Waals surface area contributed by atoms with Crippen LogP contribution in [0.5, 0.6) is 0 Å². The molecule has 5 heteroatoms. The van der Waals surface area contributed by atoms with Gasteiger partial charge in [-0.1, -0.05) is 30.4 Å². The van der Waals surface area contributed by atoms with E-state index in [1.807, 2.05) is 36.4 Å². The number of nitriles is 1. The molecular formula is C11H11N3OS. The van der Waals surface area contributed by atoms with Crippen molar-refractivity contribution in [1.82, 2.24) is 5.32 Å². The number of hydrogen-bond donors (Lipinski definition) is 2. The van der Waals surface area contributed by atoms with Crippen LogP contribution in [0, 0.1) is 17.2 Å². The Morgan fingerprint density at radius 2 is 2.06 bits per heavy atom. The van der Waals surface area contributed by atoms with Gasteiger partial charge in [-0.3, -0.25) is 4.79 Å². The summed E-state index contributed by atoms with van der Waals surface area (Å²) >= 11 is 5.00. The fraction of sp³-hybridized carbons (Fsp3) is 0.182. The highest BCUT2D eigenvalue weighted by Crippen LogP contribution is 2.08. The summed E-state index contributed by atoms with van der Waals surface area (Å²) in [5.41, 5.74) is 0.761. The molecule has 1 aromatic carbocycles. The van der Waals surface area contributed by atoms with Crippen molar-refractivity contribution in [3.63, 3.8) is 0 Å². The highest BCUT2D eigenvalue weighted by molar-refractivity contribution is 7.80. The van der Waals surface area contributed by atoms with E-state index in [0.29, 0.717) is 0 Å². The maximum absolute atomic E-state index is 11.3. The molecule has 0 aliphatic heterocycles. The monoisotopic (exact) mass is 233 g/mol. The molecule has 0 aliphatic carbocycles. The van der Waals surface area contributed by atoms with Crippen LogP contribution < -0.4 is 10.6 Å². The molecule has 1 aromatic rings. The summed E-state index contributed by atoms with van der Waals surface area (Å²) in [6, 6.07) is 11.0. The summed E-state index contributed by atoms with van der Waals surface area (Å²) in [6.45, 7) is 0. The molecule has 0 fully saturated rings. The summed E-state index contributed by atoms with van der Waals surface area (Å²) in [6.07, 6.45) is 0. The molecule has 0 heterocycles. The van der Waals surface area contributed by atoms with E-state index in [4.69, 9.17) is 17.5 Å². The molecule has 0 saturated heterocycles. The van der Waals surface area contributed by atoms with Gasteiger partial charge >= 0.3 is 0 Å². The number of rotatable bonds is 3. The van der Waals surface area contributed by atoms with Crippen LogP contribution in [0.3, 0.4) is 0 Å². The third kappa shape index (κ3) is 3.04. The van der Waals surface area contributed by atoms with Gasteiger partial charge in [-0.2, -0.15) is 5.26 Å². The van der Waals surface area contributed by atoms with Crippen molar-refractivity contribution in [2.45, 2.75) is 0 Å². The molecule has 82 valence electrons. The van der Waals surface area contributed by atoms with Crippen molar-refractivity contribution < 1.29 is 4.79 Å². The average Bonchev–Trinajstić information content (AvgIpc) is 2.31. The fourth-order valence-electron chi connectivity index (χ4n) is 1.12. The number of thiocarbonyl (C=S) groups is 1. The Balaban J connectivity index is 2.72. The lowest BCUT2D eigenvalue weighted by atomic mass is 10.1. The first-order chi connectivity index (χ1) is 7.69. The van der Waals surface area contributed by atoms with Crippen LogP contribution >= 0.6 is 12.2 Å². The van der Waals surface area contributed by atoms with Gasteiger partial charge in [-0.15, -0.1) is 0 Å². The van der Waals surface area contributed by atoms with Gasteiger partial charge in [0.15, 0.2) is 5.92 Å². The standard InChI is InChI=1S/C11H11N3OS/c1-13-10(15)9(7-12)11(16)14-8-5-3-2-4-6-8/h2-6,9H,1H3,(H,13,15)(H,14,16)/t9-/m1/s1. The quantitative estimate of drug-likeness (QED) is 0.773. The average molecular weight is 233 g/mol. The number of para-hydroxylation sites is 1. The third-order valence-corrected chi connectivity index (χ3v) is 2.28. The number of nitrogens with zero attached hydrogens (tertiary/aromatic N) is 1. The van der Waals surface area contributed by atoms with Crippen molar-refractivity contribution in [2.24, 2.45) is 5.92 Å². The van der Waals surface area contributed by atoms with Crippen LogP contribution in [-0.4, -0.2) is 17.9 Å². The molecule has 0 spiro atoms. The molecular weight excluding hydrogens is 222 g/mol. The van der Waals surface area contributed by atoms with E-state index in [-0.39, 0.29) is 4.99 Å². The Bertz CT molecular complexity index is 425. The molecule has 0 radical (unpaired) electrons. The number of benzene rings is 1. The summed E-state index contributed by atoms with van der Waals surface area (Å²) < 4.78 is 0. The van der Waals surface area contributed by atoms with Gasteiger partial charge in [0.2, 0.25) is 5.91 Å². The van der Waals surface area contributed by atoms with E-state index in [9.17, 15) is 4.79 Å². The Morgan fingerprint density at radius 3 is 2.56 bits per heavy atom. The summed E-state index contributed by atoms with van der Waals surface area (Å²) in [5.74, 6) is -1.36. The third-order valence-electron chi connectivity index (χ3n) is 1.94. The molecule has 0 unspecified atom stereocenters. The number of carbonyl (C=O) groups is 1. The zero-order valence-corrected chi connectivity index (χ0v) is 9.54. The zero-order chi connectivity index (χ0) is 12.0. The molecule has 1 atom stereocenters. The Morgan fingerprint density at radius 1 is 1.44 bits per heavy atom. The van der Waals surface area contributed by atoms with Crippen molar-refractivity contribution in [3.8, 4) is 6.07 Å². The molecule has 0 saturated carbocycles. The van der Waals surface area contributed by atoms with Crippen molar-refractivity contribution in [3.05, 3.63) is 30.3 Å². The zero-order valence-electron chi connectivity index (χ0n) is 8.73. The van der Waals surface area contributed by atoms with Gasteiger partial charge in [0.1, 0.15) is 4.99 Å². The van der Waals surface area contributed by atoms with Crippen molar-refractivity contribution in [2.75, 3.05) is 12.4 Å². The van der Waals surface area contributed by atoms with Crippen molar-refractivity contribution >= 4 is 28.8 Å². The molecule has 2 N–H and O–H groups in total. The molecule has 0 aliphatic rings. The van der Waals surface area contributed by atoms with E-state index < -0.39 is 11.8 Å². The molecule has 1 rings (SSSR count). The minimum atomic E-state index is -0.958. The molecule has 0 bridgehead atoms. The Hall–Kier alpha value is -1.93. The minimum Gasteiger partial charge on any atom is -0.358 e. The van der Waals surface area contributed by atoms with Gasteiger partial charge in [0.25, 0.3) is 0 Å². The number of carbonyl (C=O) groups excluding carboxylic acids is 1. The summed E-state index contributed by atoms with van der Waals surface area (Å²) in [4.78, 5) is 11.5. The van der Waals surface area contributed by atoms with Gasteiger partial charge in [0.05, 0.1) is 6.07 Å². The second-order valence-electron chi connectivity index (χ2n) is 3.03. The molecule has 1 amide bonds. The van der Waals surface area contributed by atoms with Crippen LogP contribution in [0.2, 0.25) is 0 Å².